The van der Waals surface area contributed by atoms with Crippen LogP contribution in [0.4, 0.5) is 0 Å². The molecule has 0 radical (unpaired) electrons. The van der Waals surface area contributed by atoms with Gasteiger partial charge in [-0.05, 0) is 75.0 Å². The van der Waals surface area contributed by atoms with E-state index in [0.29, 0.717) is 17.8 Å². The number of carbonyl (C=O) groups excluding carboxylic acids is 1. The second-order valence-corrected chi connectivity index (χ2v) is 8.98. The van der Waals surface area contributed by atoms with Gasteiger partial charge in [-0.25, -0.2) is 0 Å². The van der Waals surface area contributed by atoms with E-state index in [1.54, 1.807) is 12.7 Å². The van der Waals surface area contributed by atoms with Crippen LogP contribution in [0.15, 0.2) is 11.6 Å². The van der Waals surface area contributed by atoms with Crippen LogP contribution in [0.25, 0.3) is 0 Å². The number of allylic oxidation sites excluding steroid dienone is 2. The zero-order valence-corrected chi connectivity index (χ0v) is 17.2. The lowest BCUT2D eigenvalue weighted by Gasteiger charge is -2.53. The normalized spacial score (nSPS) is 36.3. The van der Waals surface area contributed by atoms with Crippen molar-refractivity contribution in [2.45, 2.75) is 72.6 Å². The summed E-state index contributed by atoms with van der Waals surface area (Å²) in [7, 11) is 3.32. The summed E-state index contributed by atoms with van der Waals surface area (Å²) < 4.78 is 10.4. The molecule has 5 unspecified atom stereocenters. The topological polar surface area (TPSA) is 35.5 Å². The van der Waals surface area contributed by atoms with E-state index in [4.69, 9.17) is 9.47 Å². The van der Waals surface area contributed by atoms with Crippen molar-refractivity contribution >= 4 is 5.97 Å². The van der Waals surface area contributed by atoms with Crippen molar-refractivity contribution in [2.24, 2.45) is 28.6 Å². The van der Waals surface area contributed by atoms with Gasteiger partial charge in [-0.15, -0.1) is 0 Å². The third-order valence-corrected chi connectivity index (χ3v) is 7.43. The summed E-state index contributed by atoms with van der Waals surface area (Å²) in [6, 6.07) is 0. The molecule has 1 saturated carbocycles. The molecule has 0 saturated heterocycles. The molecule has 0 aromatic carbocycles. The van der Waals surface area contributed by atoms with Crippen LogP contribution in [0.2, 0.25) is 0 Å². The first-order chi connectivity index (χ1) is 11.8. The van der Waals surface area contributed by atoms with Gasteiger partial charge in [0.25, 0.3) is 0 Å². The summed E-state index contributed by atoms with van der Waals surface area (Å²) in [5.74, 6) is 1.68. The van der Waals surface area contributed by atoms with Crippen LogP contribution in [0.5, 0.6) is 0 Å². The first-order valence-electron chi connectivity index (χ1n) is 10.1. The van der Waals surface area contributed by atoms with Crippen molar-refractivity contribution in [3.05, 3.63) is 11.6 Å². The molecule has 0 aromatic heterocycles. The molecule has 0 aromatic rings. The van der Waals surface area contributed by atoms with Crippen molar-refractivity contribution in [1.29, 1.82) is 0 Å². The summed E-state index contributed by atoms with van der Waals surface area (Å²) >= 11 is 0. The van der Waals surface area contributed by atoms with Crippen LogP contribution in [0, 0.1) is 28.6 Å². The van der Waals surface area contributed by atoms with Crippen LogP contribution in [-0.4, -0.2) is 26.8 Å². The summed E-state index contributed by atoms with van der Waals surface area (Å²) in [5.41, 5.74) is 1.41. The van der Waals surface area contributed by atoms with Gasteiger partial charge in [0.05, 0.1) is 12.5 Å². The Hall–Kier alpha value is -0.830. The molecule has 0 N–H and O–H groups in total. The van der Waals surface area contributed by atoms with Gasteiger partial charge < -0.3 is 9.47 Å². The number of ether oxygens (including phenoxy) is 2. The predicted molar refractivity (Wildman–Crippen MR) is 102 cm³/mol. The second-order valence-electron chi connectivity index (χ2n) is 8.98. The van der Waals surface area contributed by atoms with Crippen LogP contribution in [0.3, 0.4) is 0 Å². The Bertz CT molecular complexity index is 498. The van der Waals surface area contributed by atoms with E-state index < -0.39 is 0 Å². The van der Waals surface area contributed by atoms with Gasteiger partial charge in [-0.3, -0.25) is 4.79 Å². The second kappa shape index (κ2) is 8.24. The smallest absolute Gasteiger partial charge is 0.312 e. The van der Waals surface area contributed by atoms with Crippen molar-refractivity contribution < 1.29 is 14.3 Å². The maximum atomic E-state index is 12.6. The van der Waals surface area contributed by atoms with E-state index >= 15 is 0 Å². The molecule has 1 fully saturated rings. The molecule has 2 rings (SSSR count). The van der Waals surface area contributed by atoms with Gasteiger partial charge in [0.15, 0.2) is 0 Å². The van der Waals surface area contributed by atoms with Crippen molar-refractivity contribution in [2.75, 3.05) is 20.8 Å². The molecular weight excluding hydrogens is 312 g/mol. The fraction of sp³-hybridized carbons (Fsp3) is 0.864. The molecule has 3 nitrogen and oxygen atoms in total. The molecule has 3 heteroatoms. The number of hydrogen-bond donors (Lipinski definition) is 0. The highest BCUT2D eigenvalue weighted by Gasteiger charge is 2.52. The Labute approximate surface area is 154 Å². The third-order valence-electron chi connectivity index (χ3n) is 7.43. The van der Waals surface area contributed by atoms with Gasteiger partial charge in [0, 0.05) is 13.7 Å². The van der Waals surface area contributed by atoms with Crippen LogP contribution >= 0.6 is 0 Å². The highest BCUT2D eigenvalue weighted by molar-refractivity contribution is 5.77. The zero-order chi connectivity index (χ0) is 18.7. The lowest BCUT2D eigenvalue weighted by molar-refractivity contribution is -0.156. The molecule has 0 bridgehead atoms. The fourth-order valence-electron chi connectivity index (χ4n) is 5.19. The zero-order valence-electron chi connectivity index (χ0n) is 17.2. The fourth-order valence-corrected chi connectivity index (χ4v) is 5.19. The van der Waals surface area contributed by atoms with Crippen molar-refractivity contribution in [1.82, 2.24) is 0 Å². The van der Waals surface area contributed by atoms with Crippen LogP contribution in [-0.2, 0) is 14.3 Å². The van der Waals surface area contributed by atoms with Gasteiger partial charge >= 0.3 is 5.97 Å². The van der Waals surface area contributed by atoms with Gasteiger partial charge in [-0.1, -0.05) is 32.4 Å². The molecule has 0 amide bonds. The minimum absolute atomic E-state index is 0.0199. The van der Waals surface area contributed by atoms with E-state index in [0.717, 1.165) is 32.3 Å². The van der Waals surface area contributed by atoms with Crippen molar-refractivity contribution in [3.63, 3.8) is 0 Å². The van der Waals surface area contributed by atoms with E-state index in [1.807, 2.05) is 0 Å². The Kier molecular flexibility index (Phi) is 6.75. The minimum Gasteiger partial charge on any atom is -0.469 e. The third kappa shape index (κ3) is 3.97. The summed E-state index contributed by atoms with van der Waals surface area (Å²) in [4.78, 5) is 12.6. The number of esters is 1. The number of carbonyl (C=O) groups is 1. The number of fused-ring (bicyclic) bond motifs is 1. The lowest BCUT2D eigenvalue weighted by Crippen LogP contribution is -2.47. The quantitative estimate of drug-likeness (QED) is 0.456. The Morgan fingerprint density at radius 1 is 1.28 bits per heavy atom. The number of hydrogen-bond acceptors (Lipinski definition) is 3. The van der Waals surface area contributed by atoms with E-state index in [9.17, 15) is 4.79 Å². The molecule has 0 aliphatic heterocycles. The minimum atomic E-state index is -0.345. The Morgan fingerprint density at radius 3 is 2.64 bits per heavy atom. The highest BCUT2D eigenvalue weighted by Crippen LogP contribution is 2.58. The van der Waals surface area contributed by atoms with E-state index in [1.165, 1.54) is 26.4 Å². The molecule has 144 valence electrons. The standard InChI is InChI=1S/C22H38O3/c1-16(12-15-24-5)11-14-21(3)17(2)9-10-19-18(21)8-7-13-22(19,4)20(23)25-6/h8,16-17,19H,7,9-15H2,1-6H3. The molecule has 2 aliphatic rings. The average Bonchev–Trinajstić information content (AvgIpc) is 2.61. The lowest BCUT2D eigenvalue weighted by atomic mass is 9.51. The van der Waals surface area contributed by atoms with Gasteiger partial charge in [0.2, 0.25) is 0 Å². The molecular formula is C22H38O3. The first-order valence-corrected chi connectivity index (χ1v) is 10.1. The summed E-state index contributed by atoms with van der Waals surface area (Å²) in [5, 5.41) is 0. The number of rotatable bonds is 7. The van der Waals surface area contributed by atoms with Gasteiger partial charge in [0.1, 0.15) is 0 Å². The van der Waals surface area contributed by atoms with Crippen LogP contribution < -0.4 is 0 Å². The first kappa shape index (κ1) is 20.5. The average molecular weight is 351 g/mol. The summed E-state index contributed by atoms with van der Waals surface area (Å²) in [6.07, 6.45) is 10.3. The maximum Gasteiger partial charge on any atom is 0.312 e. The van der Waals surface area contributed by atoms with E-state index in [-0.39, 0.29) is 16.8 Å². The maximum absolute atomic E-state index is 12.6. The Morgan fingerprint density at radius 2 is 2.00 bits per heavy atom. The highest BCUT2D eigenvalue weighted by atomic mass is 16.5. The Balaban J connectivity index is 2.19. The summed E-state index contributed by atoms with van der Waals surface area (Å²) in [6.45, 7) is 10.2. The van der Waals surface area contributed by atoms with E-state index in [2.05, 4.69) is 33.8 Å². The molecule has 5 atom stereocenters. The van der Waals surface area contributed by atoms with Crippen molar-refractivity contribution in [3.8, 4) is 0 Å². The SMILES string of the molecule is COCCC(C)CCC1(C)C2=CCCC(C)(C(=O)OC)C2CCC1C. The van der Waals surface area contributed by atoms with Crippen LogP contribution in [0.1, 0.15) is 72.6 Å². The number of methoxy groups -OCH3 is 2. The van der Waals surface area contributed by atoms with Gasteiger partial charge in [-0.2, -0.15) is 0 Å². The predicted octanol–water partition coefficient (Wildman–Crippen LogP) is 5.39. The molecule has 0 spiro atoms. The largest absolute Gasteiger partial charge is 0.469 e. The monoisotopic (exact) mass is 350 g/mol. The molecule has 25 heavy (non-hydrogen) atoms. The molecule has 2 aliphatic carbocycles. The molecule has 0 heterocycles.